The maximum absolute atomic E-state index is 14.3. The highest BCUT2D eigenvalue weighted by molar-refractivity contribution is 6.01. The SMILES string of the molecule is CCN1CCN(C(=O)C2c3ccccc3C(=O)N(C3CCCCC3)C2c2ccc(OC)cc2)CC1. The fourth-order valence-electron chi connectivity index (χ4n) is 6.21. The first kappa shape index (κ1) is 23.9. The van der Waals surface area contributed by atoms with Gasteiger partial charge in [-0.15, -0.1) is 0 Å². The van der Waals surface area contributed by atoms with E-state index in [0.717, 1.165) is 75.3 Å². The molecule has 0 radical (unpaired) electrons. The average molecular weight is 476 g/mol. The number of hydrogen-bond acceptors (Lipinski definition) is 4. The van der Waals surface area contributed by atoms with E-state index in [0.29, 0.717) is 5.56 Å². The van der Waals surface area contributed by atoms with Crippen molar-refractivity contribution in [1.29, 1.82) is 0 Å². The Morgan fingerprint density at radius 3 is 2.29 bits per heavy atom. The van der Waals surface area contributed by atoms with E-state index in [9.17, 15) is 9.59 Å². The van der Waals surface area contributed by atoms with Crippen molar-refractivity contribution < 1.29 is 14.3 Å². The standard InChI is InChI=1S/C29H37N3O3/c1-3-30-17-19-31(20-18-30)29(34)26-24-11-7-8-12-25(24)28(33)32(22-9-5-4-6-10-22)27(26)21-13-15-23(35-2)16-14-21/h7-8,11-16,22,26-27H,3-6,9-10,17-20H2,1-2H3. The van der Waals surface area contributed by atoms with Gasteiger partial charge in [0.15, 0.2) is 0 Å². The van der Waals surface area contributed by atoms with Crippen molar-refractivity contribution in [1.82, 2.24) is 14.7 Å². The first-order chi connectivity index (χ1) is 17.1. The molecule has 2 unspecified atom stereocenters. The molecular formula is C29H37N3O3. The zero-order chi connectivity index (χ0) is 24.4. The largest absolute Gasteiger partial charge is 0.497 e. The Morgan fingerprint density at radius 2 is 1.63 bits per heavy atom. The minimum Gasteiger partial charge on any atom is -0.497 e. The van der Waals surface area contributed by atoms with Crippen LogP contribution in [0.1, 0.15) is 72.5 Å². The topological polar surface area (TPSA) is 53.1 Å². The first-order valence-corrected chi connectivity index (χ1v) is 13.2. The Kier molecular flexibility index (Phi) is 7.09. The second kappa shape index (κ2) is 10.4. The summed E-state index contributed by atoms with van der Waals surface area (Å²) >= 11 is 0. The van der Waals surface area contributed by atoms with E-state index < -0.39 is 5.92 Å². The van der Waals surface area contributed by atoms with Crippen LogP contribution in [-0.4, -0.2) is 72.4 Å². The quantitative estimate of drug-likeness (QED) is 0.640. The lowest BCUT2D eigenvalue weighted by Gasteiger charge is -2.48. The molecule has 1 aliphatic carbocycles. The van der Waals surface area contributed by atoms with Crippen LogP contribution in [0.5, 0.6) is 5.75 Å². The van der Waals surface area contributed by atoms with E-state index in [1.807, 2.05) is 53.4 Å². The van der Waals surface area contributed by atoms with Crippen LogP contribution in [0.2, 0.25) is 0 Å². The van der Waals surface area contributed by atoms with Gasteiger partial charge in [0.2, 0.25) is 5.91 Å². The van der Waals surface area contributed by atoms with Crippen molar-refractivity contribution in [3.63, 3.8) is 0 Å². The molecule has 0 N–H and O–H groups in total. The lowest BCUT2D eigenvalue weighted by molar-refractivity contribution is -0.136. The minimum absolute atomic E-state index is 0.0631. The third-order valence-corrected chi connectivity index (χ3v) is 8.20. The van der Waals surface area contributed by atoms with Crippen molar-refractivity contribution in [3.8, 4) is 5.75 Å². The molecule has 1 saturated carbocycles. The predicted octanol–water partition coefficient (Wildman–Crippen LogP) is 4.47. The van der Waals surface area contributed by atoms with Crippen LogP contribution in [0.3, 0.4) is 0 Å². The van der Waals surface area contributed by atoms with E-state index in [1.54, 1.807) is 7.11 Å². The number of ether oxygens (including phenoxy) is 1. The summed E-state index contributed by atoms with van der Waals surface area (Å²) < 4.78 is 5.41. The minimum atomic E-state index is -0.410. The summed E-state index contributed by atoms with van der Waals surface area (Å²) in [7, 11) is 1.66. The van der Waals surface area contributed by atoms with Crippen molar-refractivity contribution >= 4 is 11.8 Å². The molecule has 6 nitrogen and oxygen atoms in total. The molecule has 0 aromatic heterocycles. The molecule has 2 fully saturated rings. The second-order valence-electron chi connectivity index (χ2n) is 10.0. The molecule has 5 rings (SSSR count). The number of methoxy groups -OCH3 is 1. The monoisotopic (exact) mass is 475 g/mol. The van der Waals surface area contributed by atoms with Gasteiger partial charge in [-0.2, -0.15) is 0 Å². The first-order valence-electron chi connectivity index (χ1n) is 13.2. The number of fused-ring (bicyclic) bond motifs is 1. The molecule has 2 heterocycles. The van der Waals surface area contributed by atoms with Gasteiger partial charge in [0.25, 0.3) is 5.91 Å². The Morgan fingerprint density at radius 1 is 0.943 bits per heavy atom. The zero-order valence-corrected chi connectivity index (χ0v) is 21.0. The molecule has 0 bridgehead atoms. The van der Waals surface area contributed by atoms with E-state index in [1.165, 1.54) is 6.42 Å². The van der Waals surface area contributed by atoms with Crippen LogP contribution in [0.25, 0.3) is 0 Å². The molecule has 2 aromatic rings. The number of rotatable bonds is 5. The zero-order valence-electron chi connectivity index (χ0n) is 21.0. The summed E-state index contributed by atoms with van der Waals surface area (Å²) in [6, 6.07) is 15.6. The number of carbonyl (C=O) groups is 2. The van der Waals surface area contributed by atoms with Gasteiger partial charge in [-0.05, 0) is 48.7 Å². The summed E-state index contributed by atoms with van der Waals surface area (Å²) in [6.07, 6.45) is 5.46. The summed E-state index contributed by atoms with van der Waals surface area (Å²) in [6.45, 7) is 6.44. The smallest absolute Gasteiger partial charge is 0.254 e. The van der Waals surface area contributed by atoms with Crippen LogP contribution in [0.15, 0.2) is 48.5 Å². The molecule has 1 saturated heterocycles. The number of hydrogen-bond donors (Lipinski definition) is 0. The molecule has 2 aromatic carbocycles. The van der Waals surface area contributed by atoms with Crippen molar-refractivity contribution in [2.45, 2.75) is 57.0 Å². The van der Waals surface area contributed by atoms with E-state index >= 15 is 0 Å². The highest BCUT2D eigenvalue weighted by atomic mass is 16.5. The summed E-state index contributed by atoms with van der Waals surface area (Å²) in [5.74, 6) is 0.571. The van der Waals surface area contributed by atoms with E-state index in [-0.39, 0.29) is 23.9 Å². The number of piperazine rings is 1. The molecule has 35 heavy (non-hydrogen) atoms. The maximum atomic E-state index is 14.3. The molecule has 0 spiro atoms. The van der Waals surface area contributed by atoms with Gasteiger partial charge < -0.3 is 19.4 Å². The van der Waals surface area contributed by atoms with Crippen LogP contribution < -0.4 is 4.74 Å². The van der Waals surface area contributed by atoms with Crippen molar-refractivity contribution in [2.24, 2.45) is 0 Å². The predicted molar refractivity (Wildman–Crippen MR) is 137 cm³/mol. The molecule has 2 aliphatic heterocycles. The molecular weight excluding hydrogens is 438 g/mol. The van der Waals surface area contributed by atoms with Crippen LogP contribution in [-0.2, 0) is 4.79 Å². The van der Waals surface area contributed by atoms with Crippen LogP contribution >= 0.6 is 0 Å². The summed E-state index contributed by atoms with van der Waals surface area (Å²) in [5.41, 5.74) is 2.56. The number of likely N-dealkylation sites (N-methyl/N-ethyl adjacent to an activating group) is 1. The number of amides is 2. The van der Waals surface area contributed by atoms with E-state index in [2.05, 4.69) is 16.7 Å². The Labute approximate surface area is 208 Å². The lowest BCUT2D eigenvalue weighted by Crippen LogP contribution is -2.55. The van der Waals surface area contributed by atoms with E-state index in [4.69, 9.17) is 4.74 Å². The number of carbonyl (C=O) groups excluding carboxylic acids is 2. The van der Waals surface area contributed by atoms with Gasteiger partial charge in [-0.3, -0.25) is 9.59 Å². The molecule has 3 aliphatic rings. The normalized spacial score (nSPS) is 23.8. The molecule has 186 valence electrons. The Balaban J connectivity index is 1.60. The van der Waals surface area contributed by atoms with Crippen LogP contribution in [0.4, 0.5) is 0 Å². The molecule has 2 atom stereocenters. The van der Waals surface area contributed by atoms with Gasteiger partial charge in [0, 0.05) is 37.8 Å². The Bertz CT molecular complexity index is 1040. The fraction of sp³-hybridized carbons (Fsp3) is 0.517. The second-order valence-corrected chi connectivity index (χ2v) is 10.0. The molecule has 6 heteroatoms. The van der Waals surface area contributed by atoms with Crippen molar-refractivity contribution in [3.05, 3.63) is 65.2 Å². The third kappa shape index (κ3) is 4.56. The fourth-order valence-corrected chi connectivity index (χ4v) is 6.21. The van der Waals surface area contributed by atoms with Crippen molar-refractivity contribution in [2.75, 3.05) is 39.8 Å². The summed E-state index contributed by atoms with van der Waals surface area (Å²) in [4.78, 5) is 34.8. The van der Waals surface area contributed by atoms with Gasteiger partial charge in [-0.25, -0.2) is 0 Å². The Hall–Kier alpha value is -2.86. The highest BCUT2D eigenvalue weighted by Crippen LogP contribution is 2.46. The van der Waals surface area contributed by atoms with Gasteiger partial charge in [0.05, 0.1) is 19.1 Å². The summed E-state index contributed by atoms with van der Waals surface area (Å²) in [5, 5.41) is 0. The number of nitrogens with zero attached hydrogens (tertiary/aromatic N) is 3. The number of benzene rings is 2. The van der Waals surface area contributed by atoms with Gasteiger partial charge in [-0.1, -0.05) is 56.5 Å². The molecule has 2 amide bonds. The highest BCUT2D eigenvalue weighted by Gasteiger charge is 2.47. The lowest BCUT2D eigenvalue weighted by atomic mass is 9.77. The van der Waals surface area contributed by atoms with Crippen LogP contribution in [0, 0.1) is 0 Å². The average Bonchev–Trinajstić information content (AvgIpc) is 2.93. The van der Waals surface area contributed by atoms with Gasteiger partial charge in [0.1, 0.15) is 5.75 Å². The van der Waals surface area contributed by atoms with Gasteiger partial charge >= 0.3 is 0 Å². The third-order valence-electron chi connectivity index (χ3n) is 8.20. The maximum Gasteiger partial charge on any atom is 0.254 e.